The summed E-state index contributed by atoms with van der Waals surface area (Å²) in [6, 6.07) is 14.2. The lowest BCUT2D eigenvalue weighted by Gasteiger charge is -2.08. The van der Waals surface area contributed by atoms with Crippen LogP contribution in [0.15, 0.2) is 60.9 Å². The molecule has 0 atom stereocenters. The van der Waals surface area contributed by atoms with E-state index in [0.717, 1.165) is 17.7 Å². The largest absolute Gasteiger partial charge is 0.338 e. The van der Waals surface area contributed by atoms with E-state index in [4.69, 9.17) is 11.6 Å². The summed E-state index contributed by atoms with van der Waals surface area (Å²) in [5.41, 5.74) is 2.82. The molecule has 1 heterocycles. The van der Waals surface area contributed by atoms with E-state index < -0.39 is 0 Å². The van der Waals surface area contributed by atoms with Crippen LogP contribution in [0.5, 0.6) is 0 Å². The minimum Gasteiger partial charge on any atom is -0.338 e. The van der Waals surface area contributed by atoms with Gasteiger partial charge in [0.15, 0.2) is 0 Å². The molecule has 0 fully saturated rings. The van der Waals surface area contributed by atoms with E-state index in [0.29, 0.717) is 22.9 Å². The average molecular weight is 412 g/mol. The second-order valence-corrected chi connectivity index (χ2v) is 6.83. The number of aromatic nitrogens is 2. The highest BCUT2D eigenvalue weighted by molar-refractivity contribution is 6.32. The number of nitrogens with zero attached hydrogens (tertiary/aromatic N) is 2. The van der Waals surface area contributed by atoms with Crippen LogP contribution in [0.3, 0.4) is 0 Å². The summed E-state index contributed by atoms with van der Waals surface area (Å²) in [5.74, 6) is -0.162. The number of benzene rings is 2. The van der Waals surface area contributed by atoms with Gasteiger partial charge in [0.05, 0.1) is 35.2 Å². The summed E-state index contributed by atoms with van der Waals surface area (Å²) in [5, 5.41) is 13.1. The van der Waals surface area contributed by atoms with Crippen LogP contribution in [0.25, 0.3) is 5.69 Å². The lowest BCUT2D eigenvalue weighted by atomic mass is 10.1. The van der Waals surface area contributed by atoms with Crippen molar-refractivity contribution in [1.82, 2.24) is 15.1 Å². The van der Waals surface area contributed by atoms with Crippen LogP contribution in [0.2, 0.25) is 5.02 Å². The first kappa shape index (κ1) is 20.4. The van der Waals surface area contributed by atoms with Crippen molar-refractivity contribution >= 4 is 34.9 Å². The van der Waals surface area contributed by atoms with Crippen molar-refractivity contribution in [3.63, 3.8) is 0 Å². The Hall–Kier alpha value is -3.32. The number of nitrogens with one attached hydrogen (secondary N) is 3. The lowest BCUT2D eigenvalue weighted by Crippen LogP contribution is -2.29. The number of hydrogen-bond donors (Lipinski definition) is 3. The van der Waals surface area contributed by atoms with Crippen LogP contribution >= 0.6 is 11.6 Å². The molecule has 0 radical (unpaired) electrons. The number of anilines is 2. The Morgan fingerprint density at radius 1 is 1.03 bits per heavy atom. The maximum absolute atomic E-state index is 12.3. The zero-order valence-electron chi connectivity index (χ0n) is 16.0. The Morgan fingerprint density at radius 2 is 1.79 bits per heavy atom. The molecule has 0 aliphatic carbocycles. The first-order valence-corrected chi connectivity index (χ1v) is 9.66. The van der Waals surface area contributed by atoms with Gasteiger partial charge in [-0.15, -0.1) is 0 Å². The van der Waals surface area contributed by atoms with Crippen LogP contribution in [0, 0.1) is 0 Å². The summed E-state index contributed by atoms with van der Waals surface area (Å²) in [6.45, 7) is 2.61. The van der Waals surface area contributed by atoms with Crippen molar-refractivity contribution in [1.29, 1.82) is 0 Å². The number of amides is 3. The van der Waals surface area contributed by atoms with E-state index in [1.54, 1.807) is 35.3 Å². The van der Waals surface area contributed by atoms with E-state index in [2.05, 4.69) is 21.0 Å². The molecule has 3 amide bonds. The molecule has 2 aromatic carbocycles. The molecule has 150 valence electrons. The van der Waals surface area contributed by atoms with E-state index >= 15 is 0 Å². The fraction of sp³-hybridized carbons (Fsp3) is 0.190. The van der Waals surface area contributed by atoms with Crippen LogP contribution in [0.4, 0.5) is 16.2 Å². The molecule has 3 rings (SSSR count). The second-order valence-electron chi connectivity index (χ2n) is 6.43. The predicted molar refractivity (Wildman–Crippen MR) is 115 cm³/mol. The summed E-state index contributed by atoms with van der Waals surface area (Å²) >= 11 is 6.17. The van der Waals surface area contributed by atoms with Gasteiger partial charge in [-0.25, -0.2) is 9.48 Å². The van der Waals surface area contributed by atoms with Crippen LogP contribution in [-0.4, -0.2) is 28.3 Å². The molecule has 0 spiro atoms. The lowest BCUT2D eigenvalue weighted by molar-refractivity contribution is -0.115. The highest BCUT2D eigenvalue weighted by atomic mass is 35.5. The fourth-order valence-electron chi connectivity index (χ4n) is 2.67. The quantitative estimate of drug-likeness (QED) is 0.543. The maximum atomic E-state index is 12.3. The van der Waals surface area contributed by atoms with Crippen molar-refractivity contribution in [2.75, 3.05) is 17.2 Å². The van der Waals surface area contributed by atoms with Crippen molar-refractivity contribution in [3.05, 3.63) is 71.5 Å². The van der Waals surface area contributed by atoms with Gasteiger partial charge < -0.3 is 16.0 Å². The third-order valence-electron chi connectivity index (χ3n) is 4.08. The van der Waals surface area contributed by atoms with Gasteiger partial charge in [0.2, 0.25) is 5.91 Å². The van der Waals surface area contributed by atoms with Gasteiger partial charge >= 0.3 is 6.03 Å². The Bertz CT molecular complexity index is 985. The molecule has 0 saturated heterocycles. The molecule has 29 heavy (non-hydrogen) atoms. The Labute approximate surface area is 174 Å². The summed E-state index contributed by atoms with van der Waals surface area (Å²) < 4.78 is 1.61. The molecule has 0 saturated carbocycles. The molecular formula is C21H22ClN5O2. The number of urea groups is 1. The van der Waals surface area contributed by atoms with Crippen LogP contribution in [-0.2, 0) is 11.2 Å². The number of halogens is 1. The molecule has 7 nitrogen and oxygen atoms in total. The fourth-order valence-corrected chi connectivity index (χ4v) is 2.89. The summed E-state index contributed by atoms with van der Waals surface area (Å²) in [4.78, 5) is 24.0. The second kappa shape index (κ2) is 9.75. The third kappa shape index (κ3) is 5.83. The SMILES string of the molecule is CCCNC(=O)Nc1ccc(CC(=O)Nc2cnn(-c3ccccc3Cl)c2)cc1. The van der Waals surface area contributed by atoms with E-state index in [1.807, 2.05) is 37.3 Å². The normalized spacial score (nSPS) is 10.4. The zero-order valence-corrected chi connectivity index (χ0v) is 16.7. The molecule has 0 unspecified atom stereocenters. The third-order valence-corrected chi connectivity index (χ3v) is 4.40. The molecule has 0 bridgehead atoms. The molecule has 0 aliphatic rings. The monoisotopic (exact) mass is 411 g/mol. The smallest absolute Gasteiger partial charge is 0.319 e. The molecular weight excluding hydrogens is 390 g/mol. The van der Waals surface area contributed by atoms with Gasteiger partial charge in [0.1, 0.15) is 0 Å². The first-order valence-electron chi connectivity index (χ1n) is 9.28. The van der Waals surface area contributed by atoms with E-state index in [-0.39, 0.29) is 18.4 Å². The van der Waals surface area contributed by atoms with Crippen molar-refractivity contribution in [2.24, 2.45) is 0 Å². The molecule has 3 N–H and O–H groups in total. The standard InChI is InChI=1S/C21H22ClN5O2/c1-2-11-23-21(29)26-16-9-7-15(8-10-16)12-20(28)25-17-13-24-27(14-17)19-6-4-3-5-18(19)22/h3-10,13-14H,2,11-12H2,1H3,(H,25,28)(H2,23,26,29). The molecule has 8 heteroatoms. The highest BCUT2D eigenvalue weighted by Gasteiger charge is 2.09. The minimum absolute atomic E-state index is 0.162. The summed E-state index contributed by atoms with van der Waals surface area (Å²) in [7, 11) is 0. The van der Waals surface area contributed by atoms with Crippen LogP contribution < -0.4 is 16.0 Å². The maximum Gasteiger partial charge on any atom is 0.319 e. The van der Waals surface area contributed by atoms with Gasteiger partial charge in [-0.2, -0.15) is 5.10 Å². The van der Waals surface area contributed by atoms with E-state index in [1.165, 1.54) is 0 Å². The van der Waals surface area contributed by atoms with Crippen molar-refractivity contribution < 1.29 is 9.59 Å². The molecule has 3 aromatic rings. The van der Waals surface area contributed by atoms with Gasteiger partial charge in [-0.3, -0.25) is 4.79 Å². The highest BCUT2D eigenvalue weighted by Crippen LogP contribution is 2.20. The van der Waals surface area contributed by atoms with Crippen molar-refractivity contribution in [3.8, 4) is 5.69 Å². The van der Waals surface area contributed by atoms with E-state index in [9.17, 15) is 9.59 Å². The summed E-state index contributed by atoms with van der Waals surface area (Å²) in [6.07, 6.45) is 4.36. The topological polar surface area (TPSA) is 88.1 Å². The first-order chi connectivity index (χ1) is 14.0. The number of rotatable bonds is 7. The van der Waals surface area contributed by atoms with Crippen molar-refractivity contribution in [2.45, 2.75) is 19.8 Å². The molecule has 1 aromatic heterocycles. The van der Waals surface area contributed by atoms with Gasteiger partial charge in [-0.1, -0.05) is 42.8 Å². The average Bonchev–Trinajstić information content (AvgIpc) is 3.16. The van der Waals surface area contributed by atoms with Gasteiger partial charge in [-0.05, 0) is 36.2 Å². The van der Waals surface area contributed by atoms with Crippen LogP contribution in [0.1, 0.15) is 18.9 Å². The van der Waals surface area contributed by atoms with Gasteiger partial charge in [0, 0.05) is 12.2 Å². The predicted octanol–water partition coefficient (Wildman–Crippen LogP) is 4.24. The zero-order chi connectivity index (χ0) is 20.6. The number of hydrogen-bond acceptors (Lipinski definition) is 3. The Morgan fingerprint density at radius 3 is 2.52 bits per heavy atom. The minimum atomic E-state index is -0.243. The van der Waals surface area contributed by atoms with Gasteiger partial charge in [0.25, 0.3) is 0 Å². The molecule has 0 aliphatic heterocycles. The Balaban J connectivity index is 1.55. The Kier molecular flexibility index (Phi) is 6.86. The number of para-hydroxylation sites is 1. The number of carbonyl (C=O) groups is 2. The number of carbonyl (C=O) groups excluding carboxylic acids is 2.